The van der Waals surface area contributed by atoms with Crippen LogP contribution in [0.25, 0.3) is 106 Å². The number of hydrogen-bond acceptors (Lipinski definition) is 4. The van der Waals surface area contributed by atoms with E-state index in [2.05, 4.69) is 174 Å². The van der Waals surface area contributed by atoms with Crippen molar-refractivity contribution in [2.75, 3.05) is 0 Å². The van der Waals surface area contributed by atoms with Crippen molar-refractivity contribution in [1.82, 2.24) is 19.5 Å². The molecule has 0 atom stereocenters. The van der Waals surface area contributed by atoms with E-state index in [0.29, 0.717) is 17.6 Å². The SMILES string of the molecule is c1ccc(-c2ccc(-c3nc(-c4cccc(-c5cccc6oc7ccccc7c56)c4)nc(-n4c5ccccc5c5c(-c6ccccc6)cccc54)n3)cc2)cc1. The van der Waals surface area contributed by atoms with Gasteiger partial charge in [0.25, 0.3) is 0 Å². The van der Waals surface area contributed by atoms with Gasteiger partial charge in [0.1, 0.15) is 11.2 Å². The third kappa shape index (κ3) is 5.29. The number of hydrogen-bond donors (Lipinski definition) is 0. The van der Waals surface area contributed by atoms with Gasteiger partial charge in [0.15, 0.2) is 11.6 Å². The van der Waals surface area contributed by atoms with Crippen molar-refractivity contribution >= 4 is 43.7 Å². The number of aromatic nitrogens is 4. The summed E-state index contributed by atoms with van der Waals surface area (Å²) in [4.78, 5) is 15.7. The van der Waals surface area contributed by atoms with Crippen LogP contribution in [-0.4, -0.2) is 19.5 Å². The number of benzene rings is 8. The van der Waals surface area contributed by atoms with Gasteiger partial charge >= 0.3 is 0 Å². The van der Waals surface area contributed by atoms with Crippen LogP contribution < -0.4 is 0 Å². The van der Waals surface area contributed by atoms with Crippen molar-refractivity contribution in [3.8, 4) is 62.1 Å². The maximum absolute atomic E-state index is 6.26. The lowest BCUT2D eigenvalue weighted by atomic mass is 9.98. The fourth-order valence-electron chi connectivity index (χ4n) is 8.10. The number of nitrogens with zero attached hydrogens (tertiary/aromatic N) is 4. The van der Waals surface area contributed by atoms with Crippen LogP contribution in [0.1, 0.15) is 0 Å². The molecule has 11 aromatic rings. The second kappa shape index (κ2) is 13.0. The van der Waals surface area contributed by atoms with E-state index in [0.717, 1.165) is 88.3 Å². The molecule has 0 saturated carbocycles. The minimum absolute atomic E-state index is 0.557. The molecule has 0 spiro atoms. The Morgan fingerprint density at radius 1 is 0.339 bits per heavy atom. The molecule has 0 aliphatic carbocycles. The first-order chi connectivity index (χ1) is 27.8. The molecule has 0 amide bonds. The van der Waals surface area contributed by atoms with Crippen molar-refractivity contribution < 1.29 is 4.42 Å². The standard InChI is InChI=1S/C51H32N4O/c1-3-14-33(15-4-1)34-28-30-36(31-29-34)49-52-50(38-19-11-18-37(32-38)40-23-13-27-46-48(40)42-21-8-10-26-45(42)56-46)54-51(53-49)55-43-24-9-7-20-41(43)47-39(22-12-25-44(47)55)35-16-5-2-6-17-35/h1-32H. The lowest BCUT2D eigenvalue weighted by Crippen LogP contribution is -2.06. The van der Waals surface area contributed by atoms with Crippen LogP contribution in [0.5, 0.6) is 0 Å². The summed E-state index contributed by atoms with van der Waals surface area (Å²) in [7, 11) is 0. The second-order valence-electron chi connectivity index (χ2n) is 14.0. The zero-order valence-corrected chi connectivity index (χ0v) is 30.2. The molecule has 0 unspecified atom stereocenters. The van der Waals surface area contributed by atoms with Gasteiger partial charge in [-0.05, 0) is 63.7 Å². The Morgan fingerprint density at radius 2 is 0.875 bits per heavy atom. The summed E-state index contributed by atoms with van der Waals surface area (Å²) >= 11 is 0. The van der Waals surface area contributed by atoms with Gasteiger partial charge in [0.05, 0.1) is 11.0 Å². The fraction of sp³-hybridized carbons (Fsp3) is 0. The van der Waals surface area contributed by atoms with E-state index in [1.807, 2.05) is 24.3 Å². The summed E-state index contributed by atoms with van der Waals surface area (Å²) < 4.78 is 8.45. The second-order valence-corrected chi connectivity index (χ2v) is 14.0. The van der Waals surface area contributed by atoms with Gasteiger partial charge in [-0.25, -0.2) is 4.98 Å². The molecule has 3 aromatic heterocycles. The Hall–Kier alpha value is -7.63. The number of para-hydroxylation sites is 2. The average molecular weight is 717 g/mol. The van der Waals surface area contributed by atoms with Crippen LogP contribution in [0.2, 0.25) is 0 Å². The summed E-state index contributed by atoms with van der Waals surface area (Å²) in [6, 6.07) is 67.4. The van der Waals surface area contributed by atoms with Gasteiger partial charge in [0, 0.05) is 32.7 Å². The van der Waals surface area contributed by atoms with Gasteiger partial charge in [-0.1, -0.05) is 164 Å². The highest BCUT2D eigenvalue weighted by molar-refractivity contribution is 6.16. The molecule has 56 heavy (non-hydrogen) atoms. The third-order valence-electron chi connectivity index (χ3n) is 10.7. The number of rotatable bonds is 6. The van der Waals surface area contributed by atoms with Gasteiger partial charge in [-0.3, -0.25) is 4.57 Å². The van der Waals surface area contributed by atoms with E-state index in [1.165, 1.54) is 0 Å². The Kier molecular flexibility index (Phi) is 7.42. The highest BCUT2D eigenvalue weighted by Crippen LogP contribution is 2.40. The van der Waals surface area contributed by atoms with Crippen molar-refractivity contribution in [3.05, 3.63) is 194 Å². The predicted octanol–water partition coefficient (Wildman–Crippen LogP) is 13.2. The van der Waals surface area contributed by atoms with Crippen LogP contribution in [0.4, 0.5) is 0 Å². The van der Waals surface area contributed by atoms with E-state index in [9.17, 15) is 0 Å². The van der Waals surface area contributed by atoms with Crippen LogP contribution in [0.3, 0.4) is 0 Å². The summed E-state index contributed by atoms with van der Waals surface area (Å²) in [5.41, 5.74) is 12.4. The lowest BCUT2D eigenvalue weighted by Gasteiger charge is -2.12. The minimum Gasteiger partial charge on any atom is -0.456 e. The van der Waals surface area contributed by atoms with E-state index >= 15 is 0 Å². The molecule has 3 heterocycles. The van der Waals surface area contributed by atoms with Crippen molar-refractivity contribution in [1.29, 1.82) is 0 Å². The smallest absolute Gasteiger partial charge is 0.238 e. The van der Waals surface area contributed by atoms with E-state index in [-0.39, 0.29) is 0 Å². The van der Waals surface area contributed by atoms with Gasteiger partial charge in [0.2, 0.25) is 5.95 Å². The van der Waals surface area contributed by atoms with E-state index in [4.69, 9.17) is 19.4 Å². The summed E-state index contributed by atoms with van der Waals surface area (Å²) in [5.74, 6) is 1.75. The maximum atomic E-state index is 6.26. The van der Waals surface area contributed by atoms with E-state index < -0.39 is 0 Å². The first-order valence-corrected chi connectivity index (χ1v) is 18.8. The zero-order valence-electron chi connectivity index (χ0n) is 30.2. The molecule has 8 aromatic carbocycles. The summed E-state index contributed by atoms with van der Waals surface area (Å²) in [6.45, 7) is 0. The van der Waals surface area contributed by atoms with Crippen LogP contribution in [0.15, 0.2) is 199 Å². The minimum atomic E-state index is 0.557. The number of fused-ring (bicyclic) bond motifs is 6. The largest absolute Gasteiger partial charge is 0.456 e. The lowest BCUT2D eigenvalue weighted by molar-refractivity contribution is 0.669. The van der Waals surface area contributed by atoms with Gasteiger partial charge in [-0.15, -0.1) is 0 Å². The normalized spacial score (nSPS) is 11.6. The van der Waals surface area contributed by atoms with Crippen molar-refractivity contribution in [3.63, 3.8) is 0 Å². The monoisotopic (exact) mass is 716 g/mol. The molecule has 0 aliphatic heterocycles. The van der Waals surface area contributed by atoms with Crippen LogP contribution >= 0.6 is 0 Å². The molecule has 5 heteroatoms. The molecule has 11 rings (SSSR count). The average Bonchev–Trinajstić information content (AvgIpc) is 3.83. The highest BCUT2D eigenvalue weighted by Gasteiger charge is 2.20. The third-order valence-corrected chi connectivity index (χ3v) is 10.7. The van der Waals surface area contributed by atoms with Crippen LogP contribution in [-0.2, 0) is 0 Å². The topological polar surface area (TPSA) is 56.7 Å². The molecule has 5 nitrogen and oxygen atoms in total. The van der Waals surface area contributed by atoms with Gasteiger partial charge < -0.3 is 4.42 Å². The molecule has 0 N–H and O–H groups in total. The fourth-order valence-corrected chi connectivity index (χ4v) is 8.10. The Bertz CT molecular complexity index is 3240. The molecule has 0 fully saturated rings. The molecular weight excluding hydrogens is 685 g/mol. The first-order valence-electron chi connectivity index (χ1n) is 18.8. The molecule has 0 saturated heterocycles. The zero-order chi connectivity index (χ0) is 37.0. The molecule has 0 radical (unpaired) electrons. The van der Waals surface area contributed by atoms with Crippen molar-refractivity contribution in [2.45, 2.75) is 0 Å². The predicted molar refractivity (Wildman–Crippen MR) is 229 cm³/mol. The van der Waals surface area contributed by atoms with E-state index in [1.54, 1.807) is 0 Å². The molecule has 0 bridgehead atoms. The quantitative estimate of drug-likeness (QED) is 0.172. The molecular formula is C51H32N4O. The maximum Gasteiger partial charge on any atom is 0.238 e. The summed E-state index contributed by atoms with van der Waals surface area (Å²) in [6.07, 6.45) is 0. The Labute approximate surface area is 322 Å². The molecule has 262 valence electrons. The van der Waals surface area contributed by atoms with Gasteiger partial charge in [-0.2, -0.15) is 9.97 Å². The summed E-state index contributed by atoms with van der Waals surface area (Å²) in [5, 5.41) is 4.48. The molecule has 0 aliphatic rings. The first kappa shape index (κ1) is 31.9. The highest BCUT2D eigenvalue weighted by atomic mass is 16.3. The number of furan rings is 1. The van der Waals surface area contributed by atoms with Crippen LogP contribution in [0, 0.1) is 0 Å². The Balaban J connectivity index is 1.13. The Morgan fingerprint density at radius 3 is 1.68 bits per heavy atom. The van der Waals surface area contributed by atoms with Crippen molar-refractivity contribution in [2.24, 2.45) is 0 Å².